The standard InChI is InChI=1S/C15H8BrN5O2S2/c16-9-2-4-10(5-3-9)21-14(18-19-20-21)25-15-17-11-6-1-8(13(22)23)7-12(11)24-15/h1-7H,(H,22,23). The maximum Gasteiger partial charge on any atom is 0.335 e. The quantitative estimate of drug-likeness (QED) is 0.521. The van der Waals surface area contributed by atoms with Gasteiger partial charge in [-0.15, -0.1) is 16.4 Å². The Balaban J connectivity index is 1.67. The third-order valence-corrected chi connectivity index (χ3v) is 5.85. The molecular formula is C15H8BrN5O2S2. The molecule has 0 aliphatic carbocycles. The van der Waals surface area contributed by atoms with Gasteiger partial charge in [-0.3, -0.25) is 0 Å². The van der Waals surface area contributed by atoms with Crippen molar-refractivity contribution in [2.24, 2.45) is 0 Å². The number of aromatic carboxylic acids is 1. The van der Waals surface area contributed by atoms with Crippen LogP contribution in [0.3, 0.4) is 0 Å². The molecule has 1 N–H and O–H groups in total. The van der Waals surface area contributed by atoms with Crippen LogP contribution in [0.4, 0.5) is 0 Å². The van der Waals surface area contributed by atoms with Crippen molar-refractivity contribution in [1.29, 1.82) is 0 Å². The summed E-state index contributed by atoms with van der Waals surface area (Å²) in [4.78, 5) is 15.6. The largest absolute Gasteiger partial charge is 0.478 e. The molecule has 7 nitrogen and oxygen atoms in total. The topological polar surface area (TPSA) is 93.8 Å². The molecule has 0 aliphatic heterocycles. The predicted molar refractivity (Wildman–Crippen MR) is 97.6 cm³/mol. The van der Waals surface area contributed by atoms with Crippen LogP contribution in [0.2, 0.25) is 0 Å². The lowest BCUT2D eigenvalue weighted by atomic mass is 10.2. The first-order chi connectivity index (χ1) is 12.1. The Morgan fingerprint density at radius 1 is 1.20 bits per heavy atom. The lowest BCUT2D eigenvalue weighted by Gasteiger charge is -2.02. The molecule has 4 rings (SSSR count). The van der Waals surface area contributed by atoms with Gasteiger partial charge in [-0.05, 0) is 64.7 Å². The number of nitrogens with zero attached hydrogens (tertiary/aromatic N) is 5. The van der Waals surface area contributed by atoms with E-state index in [1.54, 1.807) is 22.9 Å². The molecule has 25 heavy (non-hydrogen) atoms. The van der Waals surface area contributed by atoms with Crippen molar-refractivity contribution in [3.63, 3.8) is 0 Å². The molecule has 0 saturated carbocycles. The third kappa shape index (κ3) is 3.28. The molecule has 0 fully saturated rings. The second-order valence-corrected chi connectivity index (χ2v) is 8.08. The molecule has 0 amide bonds. The summed E-state index contributed by atoms with van der Waals surface area (Å²) in [5.41, 5.74) is 1.83. The Hall–Kier alpha value is -2.30. The van der Waals surface area contributed by atoms with E-state index in [0.29, 0.717) is 5.16 Å². The highest BCUT2D eigenvalue weighted by atomic mass is 79.9. The lowest BCUT2D eigenvalue weighted by Crippen LogP contribution is -1.98. The van der Waals surface area contributed by atoms with E-state index in [1.165, 1.54) is 23.1 Å². The van der Waals surface area contributed by atoms with Crippen LogP contribution in [-0.4, -0.2) is 36.3 Å². The van der Waals surface area contributed by atoms with Crippen LogP contribution >= 0.6 is 39.0 Å². The van der Waals surface area contributed by atoms with E-state index in [0.717, 1.165) is 24.7 Å². The van der Waals surface area contributed by atoms with E-state index in [4.69, 9.17) is 5.11 Å². The molecular weight excluding hydrogens is 426 g/mol. The highest BCUT2D eigenvalue weighted by Gasteiger charge is 2.14. The number of carboxylic acid groups (broad SMARTS) is 1. The monoisotopic (exact) mass is 433 g/mol. The van der Waals surface area contributed by atoms with Crippen LogP contribution in [0, 0.1) is 0 Å². The average molecular weight is 434 g/mol. The first-order valence-electron chi connectivity index (χ1n) is 6.96. The van der Waals surface area contributed by atoms with Crippen molar-refractivity contribution in [3.8, 4) is 5.69 Å². The van der Waals surface area contributed by atoms with Crippen molar-refractivity contribution in [2.45, 2.75) is 9.50 Å². The Labute approximate surface area is 157 Å². The van der Waals surface area contributed by atoms with Gasteiger partial charge in [-0.2, -0.15) is 4.68 Å². The van der Waals surface area contributed by atoms with Gasteiger partial charge < -0.3 is 5.11 Å². The molecule has 10 heteroatoms. The summed E-state index contributed by atoms with van der Waals surface area (Å²) in [6, 6.07) is 12.5. The number of carboxylic acids is 1. The van der Waals surface area contributed by atoms with Gasteiger partial charge in [0, 0.05) is 4.47 Å². The van der Waals surface area contributed by atoms with Gasteiger partial charge in [0.25, 0.3) is 0 Å². The molecule has 0 saturated heterocycles. The van der Waals surface area contributed by atoms with Crippen molar-refractivity contribution in [2.75, 3.05) is 0 Å². The van der Waals surface area contributed by atoms with Crippen molar-refractivity contribution in [1.82, 2.24) is 25.2 Å². The number of hydrogen-bond donors (Lipinski definition) is 1. The molecule has 0 bridgehead atoms. The fourth-order valence-corrected chi connectivity index (χ4v) is 4.41. The number of carbonyl (C=O) groups is 1. The van der Waals surface area contributed by atoms with E-state index in [9.17, 15) is 4.79 Å². The van der Waals surface area contributed by atoms with E-state index < -0.39 is 5.97 Å². The zero-order valence-corrected chi connectivity index (χ0v) is 15.5. The Morgan fingerprint density at radius 3 is 2.76 bits per heavy atom. The van der Waals surface area contributed by atoms with Gasteiger partial charge in [0.1, 0.15) is 0 Å². The molecule has 124 valence electrons. The molecule has 0 aliphatic rings. The van der Waals surface area contributed by atoms with E-state index in [2.05, 4.69) is 36.4 Å². The minimum absolute atomic E-state index is 0.243. The smallest absolute Gasteiger partial charge is 0.335 e. The summed E-state index contributed by atoms with van der Waals surface area (Å²) in [5.74, 6) is -0.955. The van der Waals surface area contributed by atoms with Gasteiger partial charge in [-0.1, -0.05) is 15.9 Å². The van der Waals surface area contributed by atoms with Crippen LogP contribution in [0.15, 0.2) is 56.4 Å². The van der Waals surface area contributed by atoms with Crippen LogP contribution in [0.5, 0.6) is 0 Å². The predicted octanol–water partition coefficient (Wildman–Crippen LogP) is 3.88. The average Bonchev–Trinajstić information content (AvgIpc) is 3.21. The molecule has 4 aromatic rings. The zero-order chi connectivity index (χ0) is 17.4. The SMILES string of the molecule is O=C(O)c1ccc2nc(Sc3nnnn3-c3ccc(Br)cc3)sc2c1. The van der Waals surface area contributed by atoms with Gasteiger partial charge in [0.05, 0.1) is 21.5 Å². The molecule has 2 aromatic carbocycles. The minimum Gasteiger partial charge on any atom is -0.478 e. The fourth-order valence-electron chi connectivity index (χ4n) is 2.15. The van der Waals surface area contributed by atoms with E-state index >= 15 is 0 Å². The molecule has 0 atom stereocenters. The maximum atomic E-state index is 11.1. The highest BCUT2D eigenvalue weighted by molar-refractivity contribution is 9.10. The van der Waals surface area contributed by atoms with Crippen molar-refractivity contribution < 1.29 is 9.90 Å². The van der Waals surface area contributed by atoms with E-state index in [1.807, 2.05) is 24.3 Å². The zero-order valence-electron chi connectivity index (χ0n) is 12.3. The van der Waals surface area contributed by atoms with Gasteiger partial charge in [0.15, 0.2) is 4.34 Å². The summed E-state index contributed by atoms with van der Waals surface area (Å²) in [6.07, 6.45) is 0. The third-order valence-electron chi connectivity index (χ3n) is 3.31. The Morgan fingerprint density at radius 2 is 2.00 bits per heavy atom. The number of rotatable bonds is 4. The summed E-state index contributed by atoms with van der Waals surface area (Å²) >= 11 is 6.14. The van der Waals surface area contributed by atoms with Gasteiger partial charge in [0.2, 0.25) is 5.16 Å². The molecule has 2 aromatic heterocycles. The highest BCUT2D eigenvalue weighted by Crippen LogP contribution is 2.34. The summed E-state index contributed by atoms with van der Waals surface area (Å²) < 4.78 is 4.15. The maximum absolute atomic E-state index is 11.1. The van der Waals surface area contributed by atoms with Gasteiger partial charge in [-0.25, -0.2) is 9.78 Å². The number of benzene rings is 2. The normalized spacial score (nSPS) is 11.1. The fraction of sp³-hybridized carbons (Fsp3) is 0. The Bertz CT molecular complexity index is 1080. The second kappa shape index (κ2) is 6.54. The molecule has 0 unspecified atom stereocenters. The lowest BCUT2D eigenvalue weighted by molar-refractivity contribution is 0.0697. The Kier molecular flexibility index (Phi) is 4.24. The van der Waals surface area contributed by atoms with Crippen LogP contribution in [0.1, 0.15) is 10.4 Å². The van der Waals surface area contributed by atoms with Crippen molar-refractivity contribution in [3.05, 3.63) is 52.5 Å². The number of thiazole rings is 1. The van der Waals surface area contributed by atoms with Crippen molar-refractivity contribution >= 4 is 55.2 Å². The molecule has 0 spiro atoms. The molecule has 0 radical (unpaired) electrons. The van der Waals surface area contributed by atoms with E-state index in [-0.39, 0.29) is 5.56 Å². The minimum atomic E-state index is -0.955. The number of fused-ring (bicyclic) bond motifs is 1. The summed E-state index contributed by atoms with van der Waals surface area (Å²) in [5, 5.41) is 21.5. The second-order valence-electron chi connectivity index (χ2n) is 4.92. The van der Waals surface area contributed by atoms with Crippen LogP contribution in [0.25, 0.3) is 15.9 Å². The molecule has 2 heterocycles. The first kappa shape index (κ1) is 16.2. The van der Waals surface area contributed by atoms with Gasteiger partial charge >= 0.3 is 5.97 Å². The number of halogens is 1. The summed E-state index contributed by atoms with van der Waals surface area (Å²) in [7, 11) is 0. The number of tetrazole rings is 1. The first-order valence-corrected chi connectivity index (χ1v) is 9.39. The number of hydrogen-bond acceptors (Lipinski definition) is 7. The summed E-state index contributed by atoms with van der Waals surface area (Å²) in [6.45, 7) is 0. The number of aromatic nitrogens is 5. The van der Waals surface area contributed by atoms with Crippen LogP contribution in [-0.2, 0) is 0 Å². The van der Waals surface area contributed by atoms with Crippen LogP contribution < -0.4 is 0 Å².